The van der Waals surface area contributed by atoms with Crippen molar-refractivity contribution in [3.63, 3.8) is 0 Å². The van der Waals surface area contributed by atoms with E-state index in [0.29, 0.717) is 0 Å². The van der Waals surface area contributed by atoms with Crippen LogP contribution in [-0.4, -0.2) is 24.0 Å². The molecule has 0 spiro atoms. The van der Waals surface area contributed by atoms with Crippen LogP contribution in [0.5, 0.6) is 0 Å². The van der Waals surface area contributed by atoms with Crippen molar-refractivity contribution in [1.82, 2.24) is 4.90 Å². The quantitative estimate of drug-likeness (QED) is 0.766. The molecule has 0 aliphatic rings. The molecule has 2 amide bonds. The smallest absolute Gasteiger partial charge is 0.321 e. The highest BCUT2D eigenvalue weighted by atomic mass is 16.2. The molecular formula is C17H28N2O. The molecule has 0 aromatic heterocycles. The maximum Gasteiger partial charge on any atom is 0.321 e. The number of carbonyl (C=O) groups excluding carboxylic acids is 1. The summed E-state index contributed by atoms with van der Waals surface area (Å²) in [4.78, 5) is 14.3. The van der Waals surface area contributed by atoms with Crippen LogP contribution in [0.1, 0.15) is 50.7 Å². The van der Waals surface area contributed by atoms with Gasteiger partial charge < -0.3 is 10.2 Å². The Labute approximate surface area is 123 Å². The number of aryl methyl sites for hydroxylation is 2. The van der Waals surface area contributed by atoms with Crippen LogP contribution < -0.4 is 5.32 Å². The first-order valence-corrected chi connectivity index (χ1v) is 7.71. The van der Waals surface area contributed by atoms with E-state index in [1.807, 2.05) is 30.9 Å². The van der Waals surface area contributed by atoms with E-state index in [2.05, 4.69) is 25.2 Å². The van der Waals surface area contributed by atoms with Gasteiger partial charge in [0.25, 0.3) is 0 Å². The van der Waals surface area contributed by atoms with Crippen molar-refractivity contribution >= 4 is 11.7 Å². The molecule has 112 valence electrons. The fraction of sp³-hybridized carbons (Fsp3) is 0.588. The molecule has 0 saturated carbocycles. The monoisotopic (exact) mass is 276 g/mol. The Morgan fingerprint density at radius 3 is 2.25 bits per heavy atom. The molecule has 0 heterocycles. The average Bonchev–Trinajstić information content (AvgIpc) is 2.43. The first-order chi connectivity index (χ1) is 9.58. The summed E-state index contributed by atoms with van der Waals surface area (Å²) in [6.45, 7) is 10.1. The van der Waals surface area contributed by atoms with Gasteiger partial charge in [0.2, 0.25) is 0 Å². The second-order valence-corrected chi connectivity index (χ2v) is 5.44. The van der Waals surface area contributed by atoms with Gasteiger partial charge in [-0.05, 0) is 43.9 Å². The Morgan fingerprint density at radius 2 is 1.70 bits per heavy atom. The summed E-state index contributed by atoms with van der Waals surface area (Å²) in [7, 11) is 0. The van der Waals surface area contributed by atoms with Gasteiger partial charge in [-0.15, -0.1) is 0 Å². The van der Waals surface area contributed by atoms with Crippen LogP contribution in [0.25, 0.3) is 0 Å². The van der Waals surface area contributed by atoms with Gasteiger partial charge in [0.05, 0.1) is 0 Å². The molecule has 0 unspecified atom stereocenters. The minimum absolute atomic E-state index is 0.0283. The molecule has 0 aliphatic heterocycles. The third-order valence-corrected chi connectivity index (χ3v) is 3.49. The number of rotatable bonds is 7. The van der Waals surface area contributed by atoms with Crippen molar-refractivity contribution in [2.24, 2.45) is 0 Å². The molecule has 1 rings (SSSR count). The first kappa shape index (κ1) is 16.5. The Balaban J connectivity index is 2.70. The molecule has 1 N–H and O–H groups in total. The predicted molar refractivity (Wildman–Crippen MR) is 86.3 cm³/mol. The van der Waals surface area contributed by atoms with Crippen molar-refractivity contribution in [2.45, 2.75) is 53.4 Å². The molecule has 0 bridgehead atoms. The standard InChI is InChI=1S/C17H28N2O/c1-5-7-11-19(12-8-6-2)17(20)18-16-13-14(3)9-10-15(16)4/h9-10,13H,5-8,11-12H2,1-4H3,(H,18,20). The number of unbranched alkanes of at least 4 members (excludes halogenated alkanes) is 2. The van der Waals surface area contributed by atoms with Crippen LogP contribution in [0.2, 0.25) is 0 Å². The molecule has 0 fully saturated rings. The summed E-state index contributed by atoms with van der Waals surface area (Å²) in [5, 5.41) is 3.06. The van der Waals surface area contributed by atoms with Gasteiger partial charge in [0, 0.05) is 18.8 Å². The third-order valence-electron chi connectivity index (χ3n) is 3.49. The zero-order chi connectivity index (χ0) is 15.0. The lowest BCUT2D eigenvalue weighted by atomic mass is 10.1. The van der Waals surface area contributed by atoms with E-state index < -0.39 is 0 Å². The molecule has 1 aromatic carbocycles. The number of urea groups is 1. The topological polar surface area (TPSA) is 32.3 Å². The second-order valence-electron chi connectivity index (χ2n) is 5.44. The highest BCUT2D eigenvalue weighted by Crippen LogP contribution is 2.17. The first-order valence-electron chi connectivity index (χ1n) is 7.71. The third kappa shape index (κ3) is 5.24. The van der Waals surface area contributed by atoms with Gasteiger partial charge in [-0.3, -0.25) is 0 Å². The second kappa shape index (κ2) is 8.62. The lowest BCUT2D eigenvalue weighted by Gasteiger charge is -2.23. The number of anilines is 1. The summed E-state index contributed by atoms with van der Waals surface area (Å²) in [6.07, 6.45) is 4.34. The average molecular weight is 276 g/mol. The highest BCUT2D eigenvalue weighted by molar-refractivity contribution is 5.90. The van der Waals surface area contributed by atoms with Gasteiger partial charge >= 0.3 is 6.03 Å². The van der Waals surface area contributed by atoms with Crippen LogP contribution in [0, 0.1) is 13.8 Å². The van der Waals surface area contributed by atoms with E-state index in [9.17, 15) is 4.79 Å². The van der Waals surface area contributed by atoms with Gasteiger partial charge in [0.1, 0.15) is 0 Å². The molecule has 0 atom stereocenters. The Hall–Kier alpha value is -1.51. The zero-order valence-corrected chi connectivity index (χ0v) is 13.3. The fourth-order valence-corrected chi connectivity index (χ4v) is 2.08. The van der Waals surface area contributed by atoms with E-state index >= 15 is 0 Å². The van der Waals surface area contributed by atoms with Gasteiger partial charge in [0.15, 0.2) is 0 Å². The Bertz CT molecular complexity index is 421. The van der Waals surface area contributed by atoms with Crippen molar-refractivity contribution < 1.29 is 4.79 Å². The Morgan fingerprint density at radius 1 is 1.10 bits per heavy atom. The molecule has 0 radical (unpaired) electrons. The minimum atomic E-state index is 0.0283. The van der Waals surface area contributed by atoms with Crippen LogP contribution >= 0.6 is 0 Å². The zero-order valence-electron chi connectivity index (χ0n) is 13.3. The van der Waals surface area contributed by atoms with Crippen molar-refractivity contribution in [3.05, 3.63) is 29.3 Å². The number of nitrogens with one attached hydrogen (secondary N) is 1. The van der Waals surface area contributed by atoms with Crippen LogP contribution in [0.3, 0.4) is 0 Å². The van der Waals surface area contributed by atoms with E-state index in [1.54, 1.807) is 0 Å². The number of carbonyl (C=O) groups is 1. The van der Waals surface area contributed by atoms with Gasteiger partial charge in [-0.25, -0.2) is 4.79 Å². The molecule has 0 saturated heterocycles. The van der Waals surface area contributed by atoms with E-state index in [1.165, 1.54) is 5.56 Å². The SMILES string of the molecule is CCCCN(CCCC)C(=O)Nc1cc(C)ccc1C. The number of amides is 2. The highest BCUT2D eigenvalue weighted by Gasteiger charge is 2.13. The van der Waals surface area contributed by atoms with Crippen molar-refractivity contribution in [3.8, 4) is 0 Å². The van der Waals surface area contributed by atoms with Gasteiger partial charge in [-0.2, -0.15) is 0 Å². The molecular weight excluding hydrogens is 248 g/mol. The lowest BCUT2D eigenvalue weighted by Crippen LogP contribution is -2.36. The summed E-state index contributed by atoms with van der Waals surface area (Å²) < 4.78 is 0. The van der Waals surface area contributed by atoms with Crippen LogP contribution in [-0.2, 0) is 0 Å². The summed E-state index contributed by atoms with van der Waals surface area (Å²) >= 11 is 0. The predicted octanol–water partition coefficient (Wildman–Crippen LogP) is 4.74. The largest absolute Gasteiger partial charge is 0.325 e. The summed E-state index contributed by atoms with van der Waals surface area (Å²) in [5.41, 5.74) is 3.20. The maximum absolute atomic E-state index is 12.4. The van der Waals surface area contributed by atoms with Gasteiger partial charge in [-0.1, -0.05) is 38.8 Å². The molecule has 0 aliphatic carbocycles. The fourth-order valence-electron chi connectivity index (χ4n) is 2.08. The van der Waals surface area contributed by atoms with E-state index in [-0.39, 0.29) is 6.03 Å². The minimum Gasteiger partial charge on any atom is -0.325 e. The number of hydrogen-bond acceptors (Lipinski definition) is 1. The summed E-state index contributed by atoms with van der Waals surface area (Å²) in [5.74, 6) is 0. The molecule has 20 heavy (non-hydrogen) atoms. The normalized spacial score (nSPS) is 10.4. The van der Waals surface area contributed by atoms with Crippen LogP contribution in [0.15, 0.2) is 18.2 Å². The van der Waals surface area contributed by atoms with Crippen molar-refractivity contribution in [2.75, 3.05) is 18.4 Å². The molecule has 3 nitrogen and oxygen atoms in total. The van der Waals surface area contributed by atoms with E-state index in [4.69, 9.17) is 0 Å². The molecule has 3 heteroatoms. The van der Waals surface area contributed by atoms with E-state index in [0.717, 1.165) is 50.0 Å². The summed E-state index contributed by atoms with van der Waals surface area (Å²) in [6, 6.07) is 6.18. The number of nitrogens with zero attached hydrogens (tertiary/aromatic N) is 1. The lowest BCUT2D eigenvalue weighted by molar-refractivity contribution is 0.210. The molecule has 1 aromatic rings. The van der Waals surface area contributed by atoms with Crippen molar-refractivity contribution in [1.29, 1.82) is 0 Å². The van der Waals surface area contributed by atoms with Crippen LogP contribution in [0.4, 0.5) is 10.5 Å². The maximum atomic E-state index is 12.4. The number of hydrogen-bond donors (Lipinski definition) is 1. The number of benzene rings is 1. The Kier molecular flexibility index (Phi) is 7.13.